The molecule has 6 heteroatoms. The van der Waals surface area contributed by atoms with Crippen LogP contribution in [0.5, 0.6) is 0 Å². The molecule has 0 bridgehead atoms. The maximum atomic E-state index is 12.2. The SMILES string of the molecule is Cc1cncc(N2CCCC([C@]3(C)CC(=O)N(C)C(N)=N3)C2)c1. The van der Waals surface area contributed by atoms with Crippen LogP contribution >= 0.6 is 0 Å². The van der Waals surface area contributed by atoms with Crippen molar-refractivity contribution in [2.75, 3.05) is 25.0 Å². The van der Waals surface area contributed by atoms with Gasteiger partial charge in [0.25, 0.3) is 0 Å². The number of carbonyl (C=O) groups excluding carboxylic acids is 1. The number of pyridine rings is 1. The van der Waals surface area contributed by atoms with Gasteiger partial charge in [-0.25, -0.2) is 4.99 Å². The second-order valence-electron chi connectivity index (χ2n) is 6.96. The Bertz CT molecular complexity index is 644. The molecule has 23 heavy (non-hydrogen) atoms. The number of carbonyl (C=O) groups is 1. The number of piperidine rings is 1. The van der Waals surface area contributed by atoms with Crippen molar-refractivity contribution in [2.45, 2.75) is 38.6 Å². The number of rotatable bonds is 2. The highest BCUT2D eigenvalue weighted by Gasteiger charge is 2.42. The topological polar surface area (TPSA) is 74.8 Å². The third kappa shape index (κ3) is 3.02. The van der Waals surface area contributed by atoms with Crippen LogP contribution in [-0.4, -0.2) is 47.4 Å². The van der Waals surface area contributed by atoms with E-state index in [0.29, 0.717) is 18.3 Å². The first kappa shape index (κ1) is 15.8. The van der Waals surface area contributed by atoms with Crippen LogP contribution in [0.1, 0.15) is 31.7 Å². The van der Waals surface area contributed by atoms with Crippen molar-refractivity contribution in [3.05, 3.63) is 24.0 Å². The minimum Gasteiger partial charge on any atom is -0.370 e. The molecule has 1 fully saturated rings. The molecule has 1 unspecified atom stereocenters. The smallest absolute Gasteiger partial charge is 0.231 e. The lowest BCUT2D eigenvalue weighted by molar-refractivity contribution is -0.129. The quantitative estimate of drug-likeness (QED) is 0.898. The van der Waals surface area contributed by atoms with Gasteiger partial charge in [0.2, 0.25) is 5.91 Å². The van der Waals surface area contributed by atoms with Gasteiger partial charge in [0.05, 0.1) is 23.8 Å². The summed E-state index contributed by atoms with van der Waals surface area (Å²) >= 11 is 0. The molecular formula is C17H25N5O. The molecule has 3 heterocycles. The Kier molecular flexibility index (Phi) is 4.00. The Labute approximate surface area is 137 Å². The molecule has 0 saturated carbocycles. The number of amides is 1. The Morgan fingerprint density at radius 2 is 2.17 bits per heavy atom. The number of aromatic nitrogens is 1. The van der Waals surface area contributed by atoms with Crippen LogP contribution in [0.2, 0.25) is 0 Å². The number of guanidine groups is 1. The van der Waals surface area contributed by atoms with Crippen LogP contribution in [-0.2, 0) is 4.79 Å². The van der Waals surface area contributed by atoms with Crippen LogP contribution in [0.25, 0.3) is 0 Å². The van der Waals surface area contributed by atoms with E-state index in [4.69, 9.17) is 5.73 Å². The van der Waals surface area contributed by atoms with Crippen molar-refractivity contribution in [3.63, 3.8) is 0 Å². The van der Waals surface area contributed by atoms with Gasteiger partial charge in [-0.2, -0.15) is 0 Å². The molecule has 6 nitrogen and oxygen atoms in total. The molecule has 0 aromatic carbocycles. The second kappa shape index (κ2) is 5.83. The molecule has 0 spiro atoms. The van der Waals surface area contributed by atoms with Gasteiger partial charge in [-0.3, -0.25) is 14.7 Å². The van der Waals surface area contributed by atoms with Crippen LogP contribution in [0.3, 0.4) is 0 Å². The van der Waals surface area contributed by atoms with E-state index >= 15 is 0 Å². The summed E-state index contributed by atoms with van der Waals surface area (Å²) in [5.74, 6) is 0.695. The van der Waals surface area contributed by atoms with E-state index in [1.54, 1.807) is 7.05 Å². The van der Waals surface area contributed by atoms with Crippen molar-refractivity contribution in [1.29, 1.82) is 0 Å². The highest BCUT2D eigenvalue weighted by molar-refractivity contribution is 5.98. The second-order valence-corrected chi connectivity index (χ2v) is 6.96. The van der Waals surface area contributed by atoms with E-state index in [2.05, 4.69) is 34.8 Å². The number of nitrogens with zero attached hydrogens (tertiary/aromatic N) is 4. The summed E-state index contributed by atoms with van der Waals surface area (Å²) in [4.78, 5) is 25.0. The van der Waals surface area contributed by atoms with E-state index < -0.39 is 5.54 Å². The first-order chi connectivity index (χ1) is 10.9. The summed E-state index contributed by atoms with van der Waals surface area (Å²) < 4.78 is 0. The van der Waals surface area contributed by atoms with Gasteiger partial charge in [0, 0.05) is 32.3 Å². The lowest BCUT2D eigenvalue weighted by Gasteiger charge is -2.44. The van der Waals surface area contributed by atoms with E-state index in [1.807, 2.05) is 12.4 Å². The summed E-state index contributed by atoms with van der Waals surface area (Å²) in [5.41, 5.74) is 7.84. The van der Waals surface area contributed by atoms with Gasteiger partial charge < -0.3 is 10.6 Å². The van der Waals surface area contributed by atoms with Gasteiger partial charge in [-0.1, -0.05) is 0 Å². The average Bonchev–Trinajstić information content (AvgIpc) is 2.53. The zero-order valence-corrected chi connectivity index (χ0v) is 14.1. The molecule has 0 aliphatic carbocycles. The Balaban J connectivity index is 1.82. The van der Waals surface area contributed by atoms with Crippen molar-refractivity contribution < 1.29 is 4.79 Å². The normalized spacial score (nSPS) is 28.7. The summed E-state index contributed by atoms with van der Waals surface area (Å²) in [5, 5.41) is 0. The van der Waals surface area contributed by atoms with Crippen LogP contribution in [0.15, 0.2) is 23.5 Å². The van der Waals surface area contributed by atoms with Gasteiger partial charge >= 0.3 is 0 Å². The van der Waals surface area contributed by atoms with E-state index in [1.165, 1.54) is 4.90 Å². The molecule has 2 N–H and O–H groups in total. The summed E-state index contributed by atoms with van der Waals surface area (Å²) in [6, 6.07) is 2.16. The van der Waals surface area contributed by atoms with Crippen molar-refractivity contribution >= 4 is 17.6 Å². The third-order valence-corrected chi connectivity index (χ3v) is 5.12. The first-order valence-corrected chi connectivity index (χ1v) is 8.17. The van der Waals surface area contributed by atoms with Crippen LogP contribution < -0.4 is 10.6 Å². The maximum absolute atomic E-state index is 12.2. The highest BCUT2D eigenvalue weighted by atomic mass is 16.2. The van der Waals surface area contributed by atoms with E-state index in [0.717, 1.165) is 37.2 Å². The Morgan fingerprint density at radius 3 is 2.87 bits per heavy atom. The molecular weight excluding hydrogens is 290 g/mol. The number of hydrogen-bond acceptors (Lipinski definition) is 5. The summed E-state index contributed by atoms with van der Waals surface area (Å²) in [6.07, 6.45) is 6.37. The fourth-order valence-electron chi connectivity index (χ4n) is 3.60. The third-order valence-electron chi connectivity index (χ3n) is 5.12. The zero-order valence-electron chi connectivity index (χ0n) is 14.1. The molecule has 1 saturated heterocycles. The van der Waals surface area contributed by atoms with Crippen molar-refractivity contribution in [3.8, 4) is 0 Å². The van der Waals surface area contributed by atoms with Crippen LogP contribution in [0.4, 0.5) is 5.69 Å². The van der Waals surface area contributed by atoms with Crippen LogP contribution in [0, 0.1) is 12.8 Å². The lowest BCUT2D eigenvalue weighted by atomic mass is 9.77. The predicted molar refractivity (Wildman–Crippen MR) is 91.3 cm³/mol. The number of anilines is 1. The van der Waals surface area contributed by atoms with E-state index in [-0.39, 0.29) is 5.91 Å². The van der Waals surface area contributed by atoms with Gasteiger partial charge in [-0.15, -0.1) is 0 Å². The molecule has 3 rings (SSSR count). The molecule has 124 valence electrons. The average molecular weight is 315 g/mol. The molecule has 1 aromatic heterocycles. The highest BCUT2D eigenvalue weighted by Crippen LogP contribution is 2.36. The summed E-state index contributed by atoms with van der Waals surface area (Å²) in [6.45, 7) is 6.02. The van der Waals surface area contributed by atoms with E-state index in [9.17, 15) is 4.79 Å². The number of hydrogen-bond donors (Lipinski definition) is 1. The van der Waals surface area contributed by atoms with Crippen molar-refractivity contribution in [2.24, 2.45) is 16.6 Å². The molecule has 1 aromatic rings. The number of aliphatic imine (C=N–C) groups is 1. The molecule has 2 aliphatic heterocycles. The lowest BCUT2D eigenvalue weighted by Crippen LogP contribution is -2.54. The fourth-order valence-corrected chi connectivity index (χ4v) is 3.60. The Hall–Kier alpha value is -2.11. The molecule has 0 radical (unpaired) electrons. The minimum atomic E-state index is -0.413. The standard InChI is InChI=1S/C17H25N5O/c1-12-7-14(10-19-9-12)22-6-4-5-13(11-22)17(2)8-15(23)21(3)16(18)20-17/h7,9-10,13H,4-6,8,11H2,1-3H3,(H2,18,20)/t13?,17-/m0/s1. The van der Waals surface area contributed by atoms with Crippen molar-refractivity contribution in [1.82, 2.24) is 9.88 Å². The maximum Gasteiger partial charge on any atom is 0.231 e. The van der Waals surface area contributed by atoms with Gasteiger partial charge in [-0.05, 0) is 38.3 Å². The van der Waals surface area contributed by atoms with Gasteiger partial charge in [0.15, 0.2) is 5.96 Å². The summed E-state index contributed by atoms with van der Waals surface area (Å²) in [7, 11) is 1.69. The predicted octanol–water partition coefficient (Wildman–Crippen LogP) is 1.54. The molecule has 2 aliphatic rings. The zero-order chi connectivity index (χ0) is 16.6. The largest absolute Gasteiger partial charge is 0.370 e. The fraction of sp³-hybridized carbons (Fsp3) is 0.588. The Morgan fingerprint density at radius 1 is 1.39 bits per heavy atom. The molecule has 1 amide bonds. The van der Waals surface area contributed by atoms with Gasteiger partial charge in [0.1, 0.15) is 0 Å². The number of aryl methyl sites for hydroxylation is 1. The minimum absolute atomic E-state index is 0.0503. The molecule has 2 atom stereocenters. The number of nitrogens with two attached hydrogens (primary N) is 1. The first-order valence-electron chi connectivity index (χ1n) is 8.17. The monoisotopic (exact) mass is 315 g/mol.